The number of benzene rings is 1. The summed E-state index contributed by atoms with van der Waals surface area (Å²) in [4.78, 5) is 13.9. The number of rotatable bonds is 16. The second-order valence-electron chi connectivity index (χ2n) is 15.6. The van der Waals surface area contributed by atoms with Gasteiger partial charge >= 0.3 is 0 Å². The van der Waals surface area contributed by atoms with E-state index in [9.17, 15) is 15.0 Å². The number of hydrogen-bond donors (Lipinski definition) is 2. The Hall–Kier alpha value is -1.91. The third-order valence-electron chi connectivity index (χ3n) is 10.6. The third-order valence-corrected chi connectivity index (χ3v) is 15.0. The van der Waals surface area contributed by atoms with Gasteiger partial charge in [-0.15, -0.1) is 0 Å². The summed E-state index contributed by atoms with van der Waals surface area (Å²) in [6.07, 6.45) is 3.00. The average molecular weight is 679 g/mol. The van der Waals surface area contributed by atoms with Crippen molar-refractivity contribution < 1.29 is 38.4 Å². The lowest BCUT2D eigenvalue weighted by Crippen LogP contribution is -2.53. The molecule has 0 amide bonds. The van der Waals surface area contributed by atoms with Gasteiger partial charge in [0.15, 0.2) is 25.6 Å². The van der Waals surface area contributed by atoms with Crippen molar-refractivity contribution in [2.45, 2.75) is 137 Å². The fourth-order valence-corrected chi connectivity index (χ4v) is 8.20. The molecule has 47 heavy (non-hydrogen) atoms. The van der Waals surface area contributed by atoms with E-state index in [2.05, 4.69) is 54.6 Å². The highest BCUT2D eigenvalue weighted by Crippen LogP contribution is 2.53. The Labute approximate surface area is 286 Å². The number of aliphatic hydroxyl groups excluding tert-OH is 2. The van der Waals surface area contributed by atoms with Crippen molar-refractivity contribution >= 4 is 14.1 Å². The van der Waals surface area contributed by atoms with E-state index in [4.69, 9.17) is 23.4 Å². The second kappa shape index (κ2) is 17.1. The van der Waals surface area contributed by atoms with Crippen LogP contribution in [0.15, 0.2) is 11.6 Å². The normalized spacial score (nSPS) is 24.4. The smallest absolute Gasteiger partial charge is 0.192 e. The number of aliphatic hydroxyl groups is 2. The highest BCUT2D eigenvalue weighted by atomic mass is 28.4. The van der Waals surface area contributed by atoms with Gasteiger partial charge in [0, 0.05) is 41.6 Å². The van der Waals surface area contributed by atoms with Crippen LogP contribution in [0, 0.1) is 30.6 Å². The molecule has 1 unspecified atom stereocenters. The molecule has 0 spiro atoms. The van der Waals surface area contributed by atoms with Crippen molar-refractivity contribution in [1.29, 1.82) is 0 Å². The van der Waals surface area contributed by atoms with Crippen molar-refractivity contribution in [3.63, 3.8) is 0 Å². The van der Waals surface area contributed by atoms with E-state index < -0.39 is 20.5 Å². The van der Waals surface area contributed by atoms with Crippen molar-refractivity contribution in [1.82, 2.24) is 0 Å². The molecule has 8 atom stereocenters. The van der Waals surface area contributed by atoms with Crippen LogP contribution in [0.1, 0.15) is 104 Å². The number of carbonyl (C=O) groups is 1. The number of hydrogen-bond acceptors (Lipinski definition) is 8. The number of carbonyl (C=O) groups excluding carboxylic acids is 1. The Balaban J connectivity index is 2.84. The molecule has 1 aliphatic heterocycles. The van der Waals surface area contributed by atoms with Gasteiger partial charge in [-0.05, 0) is 75.6 Å². The Morgan fingerprint density at radius 3 is 2.06 bits per heavy atom. The monoisotopic (exact) mass is 678 g/mol. The van der Waals surface area contributed by atoms with Crippen LogP contribution in [0.5, 0.6) is 17.2 Å². The van der Waals surface area contributed by atoms with E-state index in [1.54, 1.807) is 28.3 Å². The molecule has 0 aliphatic carbocycles. The zero-order valence-electron chi connectivity index (χ0n) is 32.1. The highest BCUT2D eigenvalue weighted by molar-refractivity contribution is 6.74. The first-order chi connectivity index (χ1) is 21.8. The number of Topliss-reactive ketones (excluding diaryl/α,β-unsaturated/α-hetero) is 1. The van der Waals surface area contributed by atoms with Gasteiger partial charge in [0.05, 0.1) is 45.7 Å². The van der Waals surface area contributed by atoms with Gasteiger partial charge in [-0.25, -0.2) is 0 Å². The van der Waals surface area contributed by atoms with Crippen LogP contribution in [-0.4, -0.2) is 70.6 Å². The molecule has 1 saturated heterocycles. The largest absolute Gasteiger partial charge is 0.496 e. The molecule has 1 aromatic rings. The molecule has 1 aromatic carbocycles. The van der Waals surface area contributed by atoms with Crippen molar-refractivity contribution in [2.24, 2.45) is 23.7 Å². The lowest BCUT2D eigenvalue weighted by atomic mass is 9.77. The fraction of sp³-hybridized carbons (Fsp3) is 0.763. The molecule has 0 radical (unpaired) electrons. The first-order valence-electron chi connectivity index (χ1n) is 17.4. The van der Waals surface area contributed by atoms with Crippen LogP contribution in [0.25, 0.3) is 0 Å². The molecule has 0 bridgehead atoms. The van der Waals surface area contributed by atoms with E-state index in [0.29, 0.717) is 29.2 Å². The number of methoxy groups -OCH3 is 3. The van der Waals surface area contributed by atoms with E-state index in [0.717, 1.165) is 29.5 Å². The average Bonchev–Trinajstić information content (AvgIpc) is 2.97. The maximum atomic E-state index is 13.9. The molecular weight excluding hydrogens is 612 g/mol. The molecular formula is C38H66O8Si. The SMILES string of the molecule is COc1c(C)c(OC)c(OC)c([C@@H]2O[C@H](CC[C@H](C)CO)[C@H](C)[C@H](O[Si](C)(C)C(C)(C)C)[C@H]2C)c1CC(=O)/C(C)=C/[C@H](C)CC(C)O. The first-order valence-corrected chi connectivity index (χ1v) is 20.3. The van der Waals surface area contributed by atoms with Gasteiger partial charge in [-0.2, -0.15) is 0 Å². The first kappa shape index (κ1) is 41.3. The van der Waals surface area contributed by atoms with Crippen molar-refractivity contribution in [2.75, 3.05) is 27.9 Å². The maximum absolute atomic E-state index is 13.9. The van der Waals surface area contributed by atoms with Gasteiger partial charge in [0.2, 0.25) is 0 Å². The minimum atomic E-state index is -2.19. The van der Waals surface area contributed by atoms with Crippen molar-refractivity contribution in [3.8, 4) is 17.2 Å². The molecule has 1 fully saturated rings. The number of ether oxygens (including phenoxy) is 4. The standard InChI is InChI=1S/C38H66O8Si/c1-22(21-39)16-17-31-26(5)33(46-47(14,15)38(8,9)10)27(6)35(45-31)32-29(20-30(41)24(3)18-23(2)19-25(4)40)34(42-11)28(7)36(43-12)37(32)44-13/h18,22-23,25-27,31,33,35,39-40H,16-17,19-21H2,1-15H3/b24-18+/t22-,23-,25?,26-,27+,31+,33-,35+/m0/s1. The lowest BCUT2D eigenvalue weighted by Gasteiger charge is -2.50. The summed E-state index contributed by atoms with van der Waals surface area (Å²) in [5, 5.41) is 19.7. The lowest BCUT2D eigenvalue weighted by molar-refractivity contribution is -0.165. The summed E-state index contributed by atoms with van der Waals surface area (Å²) in [5.74, 6) is 1.85. The topological polar surface area (TPSA) is 104 Å². The minimum Gasteiger partial charge on any atom is -0.496 e. The minimum absolute atomic E-state index is 0.0154. The third kappa shape index (κ3) is 9.84. The Morgan fingerprint density at radius 1 is 1.00 bits per heavy atom. The number of ketones is 1. The van der Waals surface area contributed by atoms with E-state index in [1.807, 2.05) is 26.8 Å². The Morgan fingerprint density at radius 2 is 1.57 bits per heavy atom. The summed E-state index contributed by atoms with van der Waals surface area (Å²) < 4.78 is 32.4. The predicted molar refractivity (Wildman–Crippen MR) is 192 cm³/mol. The Bertz CT molecular complexity index is 1220. The van der Waals surface area contributed by atoms with Crippen LogP contribution in [0.4, 0.5) is 0 Å². The quantitative estimate of drug-likeness (QED) is 0.134. The van der Waals surface area contributed by atoms with Crippen LogP contribution in [-0.2, 0) is 20.4 Å². The summed E-state index contributed by atoms with van der Waals surface area (Å²) in [6, 6.07) is 0. The summed E-state index contributed by atoms with van der Waals surface area (Å²) in [6.45, 7) is 25.4. The van der Waals surface area contributed by atoms with Gasteiger partial charge in [-0.1, -0.05) is 54.5 Å². The van der Waals surface area contributed by atoms with Gasteiger partial charge in [0.1, 0.15) is 5.75 Å². The van der Waals surface area contributed by atoms with Crippen LogP contribution < -0.4 is 14.2 Å². The molecule has 270 valence electrons. The van der Waals surface area contributed by atoms with E-state index in [-0.39, 0.29) is 59.7 Å². The molecule has 0 saturated carbocycles. The second-order valence-corrected chi connectivity index (χ2v) is 20.4. The summed E-state index contributed by atoms with van der Waals surface area (Å²) in [7, 11) is 2.67. The maximum Gasteiger partial charge on any atom is 0.192 e. The molecule has 2 N–H and O–H groups in total. The van der Waals surface area contributed by atoms with Crippen LogP contribution in [0.3, 0.4) is 0 Å². The van der Waals surface area contributed by atoms with E-state index >= 15 is 0 Å². The zero-order valence-corrected chi connectivity index (χ0v) is 33.1. The van der Waals surface area contributed by atoms with Gasteiger partial charge < -0.3 is 33.6 Å². The van der Waals surface area contributed by atoms with Crippen LogP contribution >= 0.6 is 0 Å². The molecule has 1 heterocycles. The summed E-state index contributed by atoms with van der Waals surface area (Å²) >= 11 is 0. The van der Waals surface area contributed by atoms with E-state index in [1.165, 1.54) is 0 Å². The Kier molecular flexibility index (Phi) is 15.1. The molecule has 9 heteroatoms. The fourth-order valence-electron chi connectivity index (χ4n) is 6.74. The zero-order chi connectivity index (χ0) is 36.0. The number of allylic oxidation sites excluding steroid dienone is 2. The van der Waals surface area contributed by atoms with Gasteiger partial charge in [0.25, 0.3) is 0 Å². The highest BCUT2D eigenvalue weighted by Gasteiger charge is 2.49. The van der Waals surface area contributed by atoms with Gasteiger partial charge in [-0.3, -0.25) is 4.79 Å². The molecule has 1 aliphatic rings. The van der Waals surface area contributed by atoms with Crippen molar-refractivity contribution in [3.05, 3.63) is 28.3 Å². The molecule has 8 nitrogen and oxygen atoms in total. The van der Waals surface area contributed by atoms with Crippen LogP contribution in [0.2, 0.25) is 18.1 Å². The summed E-state index contributed by atoms with van der Waals surface area (Å²) in [5.41, 5.74) is 2.87. The molecule has 0 aromatic heterocycles. The molecule has 2 rings (SSSR count). The predicted octanol–water partition coefficient (Wildman–Crippen LogP) is 8.00.